The van der Waals surface area contributed by atoms with E-state index in [9.17, 15) is 9.59 Å². The van der Waals surface area contributed by atoms with Crippen molar-refractivity contribution in [2.75, 3.05) is 26.2 Å². The van der Waals surface area contributed by atoms with Crippen LogP contribution in [0.5, 0.6) is 0 Å². The smallest absolute Gasteiger partial charge is 0.254 e. The minimum absolute atomic E-state index is 0.0499. The van der Waals surface area contributed by atoms with Gasteiger partial charge in [0.05, 0.1) is 0 Å². The Bertz CT molecular complexity index is 785. The SMILES string of the molecule is Cc1cccc(C(=O)N2CCCN(C(=O)c3ccccc3C)CC2)c1. The number of carbonyl (C=O) groups excluding carboxylic acids is 2. The summed E-state index contributed by atoms with van der Waals surface area (Å²) in [6, 6.07) is 15.3. The number of benzene rings is 2. The van der Waals surface area contributed by atoms with Gasteiger partial charge in [-0.15, -0.1) is 0 Å². The van der Waals surface area contributed by atoms with Crippen LogP contribution in [0.4, 0.5) is 0 Å². The highest BCUT2D eigenvalue weighted by Crippen LogP contribution is 2.15. The van der Waals surface area contributed by atoms with Gasteiger partial charge in [0, 0.05) is 37.3 Å². The number of hydrogen-bond donors (Lipinski definition) is 0. The zero-order valence-electron chi connectivity index (χ0n) is 14.9. The third-order valence-electron chi connectivity index (χ3n) is 4.71. The molecule has 0 unspecified atom stereocenters. The Hall–Kier alpha value is -2.62. The van der Waals surface area contributed by atoms with E-state index in [2.05, 4.69) is 0 Å². The molecule has 2 amide bonds. The summed E-state index contributed by atoms with van der Waals surface area (Å²) >= 11 is 0. The quantitative estimate of drug-likeness (QED) is 0.844. The molecule has 0 atom stereocenters. The summed E-state index contributed by atoms with van der Waals surface area (Å²) in [5, 5.41) is 0. The highest BCUT2D eigenvalue weighted by molar-refractivity contribution is 5.96. The molecule has 0 saturated carbocycles. The van der Waals surface area contributed by atoms with Gasteiger partial charge >= 0.3 is 0 Å². The highest BCUT2D eigenvalue weighted by Gasteiger charge is 2.24. The van der Waals surface area contributed by atoms with Gasteiger partial charge < -0.3 is 9.80 Å². The van der Waals surface area contributed by atoms with Crippen LogP contribution in [0, 0.1) is 13.8 Å². The predicted molar refractivity (Wildman–Crippen MR) is 98.8 cm³/mol. The van der Waals surface area contributed by atoms with E-state index in [1.807, 2.05) is 72.2 Å². The average molecular weight is 336 g/mol. The van der Waals surface area contributed by atoms with Gasteiger partial charge in [0.1, 0.15) is 0 Å². The first-order valence-electron chi connectivity index (χ1n) is 8.77. The van der Waals surface area contributed by atoms with Gasteiger partial charge in [-0.3, -0.25) is 9.59 Å². The van der Waals surface area contributed by atoms with Crippen molar-refractivity contribution in [1.82, 2.24) is 9.80 Å². The van der Waals surface area contributed by atoms with Crippen molar-refractivity contribution in [2.45, 2.75) is 20.3 Å². The summed E-state index contributed by atoms with van der Waals surface area (Å²) in [6.45, 7) is 6.46. The van der Waals surface area contributed by atoms with Crippen molar-refractivity contribution in [1.29, 1.82) is 0 Å². The van der Waals surface area contributed by atoms with Crippen LogP contribution in [0.2, 0.25) is 0 Å². The van der Waals surface area contributed by atoms with Gasteiger partial charge in [0.15, 0.2) is 0 Å². The largest absolute Gasteiger partial charge is 0.337 e. The lowest BCUT2D eigenvalue weighted by molar-refractivity contribution is 0.0718. The molecule has 1 saturated heterocycles. The Morgan fingerprint density at radius 1 is 0.800 bits per heavy atom. The fraction of sp³-hybridized carbons (Fsp3) is 0.333. The van der Waals surface area contributed by atoms with E-state index in [-0.39, 0.29) is 11.8 Å². The van der Waals surface area contributed by atoms with Crippen LogP contribution in [-0.4, -0.2) is 47.8 Å². The number of aryl methyl sites for hydroxylation is 2. The van der Waals surface area contributed by atoms with E-state index in [1.54, 1.807) is 0 Å². The number of amides is 2. The molecule has 0 spiro atoms. The Morgan fingerprint density at radius 2 is 1.48 bits per heavy atom. The lowest BCUT2D eigenvalue weighted by atomic mass is 10.1. The Kier molecular flexibility index (Phi) is 5.17. The second-order valence-electron chi connectivity index (χ2n) is 6.62. The zero-order chi connectivity index (χ0) is 17.8. The van der Waals surface area contributed by atoms with Crippen LogP contribution in [0.15, 0.2) is 48.5 Å². The van der Waals surface area contributed by atoms with Gasteiger partial charge in [-0.25, -0.2) is 0 Å². The third kappa shape index (κ3) is 3.90. The number of rotatable bonds is 2. The van der Waals surface area contributed by atoms with Crippen LogP contribution in [-0.2, 0) is 0 Å². The second kappa shape index (κ2) is 7.51. The fourth-order valence-corrected chi connectivity index (χ4v) is 3.27. The van der Waals surface area contributed by atoms with Crippen molar-refractivity contribution in [3.05, 3.63) is 70.8 Å². The Labute approximate surface area is 149 Å². The van der Waals surface area contributed by atoms with Crippen molar-refractivity contribution < 1.29 is 9.59 Å². The fourth-order valence-electron chi connectivity index (χ4n) is 3.27. The summed E-state index contributed by atoms with van der Waals surface area (Å²) < 4.78 is 0. The number of hydrogen-bond acceptors (Lipinski definition) is 2. The first-order chi connectivity index (χ1) is 12.1. The van der Waals surface area contributed by atoms with E-state index in [4.69, 9.17) is 0 Å². The van der Waals surface area contributed by atoms with E-state index >= 15 is 0 Å². The molecular weight excluding hydrogens is 312 g/mol. The maximum absolute atomic E-state index is 12.8. The molecule has 4 heteroatoms. The molecule has 25 heavy (non-hydrogen) atoms. The second-order valence-corrected chi connectivity index (χ2v) is 6.62. The van der Waals surface area contributed by atoms with Gasteiger partial charge in [-0.2, -0.15) is 0 Å². The van der Waals surface area contributed by atoms with Crippen molar-refractivity contribution in [3.63, 3.8) is 0 Å². The molecule has 0 bridgehead atoms. The zero-order valence-corrected chi connectivity index (χ0v) is 14.9. The molecule has 0 aliphatic carbocycles. The Balaban J connectivity index is 1.69. The number of carbonyl (C=O) groups is 2. The molecule has 3 rings (SSSR count). The molecule has 2 aromatic carbocycles. The molecule has 2 aromatic rings. The molecule has 0 N–H and O–H groups in total. The molecule has 1 fully saturated rings. The molecule has 0 aromatic heterocycles. The van der Waals surface area contributed by atoms with E-state index in [0.29, 0.717) is 26.2 Å². The lowest BCUT2D eigenvalue weighted by Gasteiger charge is -2.23. The highest BCUT2D eigenvalue weighted by atomic mass is 16.2. The first-order valence-corrected chi connectivity index (χ1v) is 8.77. The van der Waals surface area contributed by atoms with Gasteiger partial charge in [0.25, 0.3) is 11.8 Å². The minimum atomic E-state index is 0.0499. The average Bonchev–Trinajstić information content (AvgIpc) is 2.87. The molecule has 0 radical (unpaired) electrons. The summed E-state index contributed by atoms with van der Waals surface area (Å²) in [5.41, 5.74) is 3.54. The van der Waals surface area contributed by atoms with E-state index in [1.165, 1.54) is 0 Å². The van der Waals surface area contributed by atoms with Crippen LogP contribution in [0.25, 0.3) is 0 Å². The maximum Gasteiger partial charge on any atom is 0.254 e. The third-order valence-corrected chi connectivity index (χ3v) is 4.71. The number of nitrogens with zero attached hydrogens (tertiary/aromatic N) is 2. The first kappa shape index (κ1) is 17.2. The predicted octanol–water partition coefficient (Wildman–Crippen LogP) is 3.29. The monoisotopic (exact) mass is 336 g/mol. The van der Waals surface area contributed by atoms with Crippen molar-refractivity contribution in [3.8, 4) is 0 Å². The summed E-state index contributed by atoms with van der Waals surface area (Å²) in [4.78, 5) is 29.2. The molecule has 1 heterocycles. The van der Waals surface area contributed by atoms with Crippen LogP contribution >= 0.6 is 0 Å². The molecule has 1 aliphatic rings. The molecule has 4 nitrogen and oxygen atoms in total. The van der Waals surface area contributed by atoms with Crippen LogP contribution in [0.3, 0.4) is 0 Å². The molecule has 1 aliphatic heterocycles. The standard InChI is InChI=1S/C21H24N2O2/c1-16-7-5-9-18(15-16)20(24)22-11-6-12-23(14-13-22)21(25)19-10-4-3-8-17(19)2/h3-5,7-10,15H,6,11-14H2,1-2H3. The van der Waals surface area contributed by atoms with Crippen LogP contribution in [0.1, 0.15) is 38.3 Å². The van der Waals surface area contributed by atoms with Gasteiger partial charge in [-0.1, -0.05) is 35.9 Å². The topological polar surface area (TPSA) is 40.6 Å². The molecular formula is C21H24N2O2. The van der Waals surface area contributed by atoms with E-state index in [0.717, 1.165) is 28.7 Å². The lowest BCUT2D eigenvalue weighted by Crippen LogP contribution is -2.37. The van der Waals surface area contributed by atoms with Gasteiger partial charge in [0.2, 0.25) is 0 Å². The van der Waals surface area contributed by atoms with Gasteiger partial charge in [-0.05, 0) is 44.0 Å². The Morgan fingerprint density at radius 3 is 2.16 bits per heavy atom. The normalized spacial score (nSPS) is 15.0. The van der Waals surface area contributed by atoms with Crippen molar-refractivity contribution in [2.24, 2.45) is 0 Å². The summed E-state index contributed by atoms with van der Waals surface area (Å²) in [5.74, 6) is 0.108. The summed E-state index contributed by atoms with van der Waals surface area (Å²) in [6.07, 6.45) is 0.801. The summed E-state index contributed by atoms with van der Waals surface area (Å²) in [7, 11) is 0. The van der Waals surface area contributed by atoms with E-state index < -0.39 is 0 Å². The maximum atomic E-state index is 12.8. The van der Waals surface area contributed by atoms with Crippen molar-refractivity contribution >= 4 is 11.8 Å². The minimum Gasteiger partial charge on any atom is -0.337 e. The van der Waals surface area contributed by atoms with Crippen LogP contribution < -0.4 is 0 Å². The molecule has 130 valence electrons.